The fourth-order valence-electron chi connectivity index (χ4n) is 2.02. The van der Waals surface area contributed by atoms with Crippen molar-refractivity contribution < 1.29 is 0 Å². The lowest BCUT2D eigenvalue weighted by Crippen LogP contribution is -2.00. The lowest BCUT2D eigenvalue weighted by Gasteiger charge is -2.07. The van der Waals surface area contributed by atoms with Crippen LogP contribution in [0, 0.1) is 6.92 Å². The molecule has 3 heteroatoms. The summed E-state index contributed by atoms with van der Waals surface area (Å²) in [7, 11) is 0. The molecule has 2 aromatic heterocycles. The maximum atomic E-state index is 4.58. The zero-order chi connectivity index (χ0) is 12.3. The summed E-state index contributed by atoms with van der Waals surface area (Å²) >= 11 is 0. The van der Waals surface area contributed by atoms with Crippen LogP contribution in [-0.4, -0.2) is 14.5 Å². The van der Waals surface area contributed by atoms with Crippen molar-refractivity contribution >= 4 is 6.08 Å². The predicted molar refractivity (Wildman–Crippen MR) is 70.6 cm³/mol. The van der Waals surface area contributed by atoms with Gasteiger partial charge >= 0.3 is 0 Å². The molecule has 0 aromatic carbocycles. The van der Waals surface area contributed by atoms with Gasteiger partial charge in [0.15, 0.2) is 0 Å². The third-order valence-corrected chi connectivity index (χ3v) is 2.71. The Balaban J connectivity index is 2.61. The van der Waals surface area contributed by atoms with Crippen molar-refractivity contribution in [2.45, 2.75) is 27.3 Å². The molecule has 0 fully saturated rings. The summed E-state index contributed by atoms with van der Waals surface area (Å²) < 4.78 is 2.19. The van der Waals surface area contributed by atoms with Gasteiger partial charge in [0.05, 0.1) is 17.1 Å². The maximum absolute atomic E-state index is 4.58. The number of imidazole rings is 1. The molecule has 0 saturated carbocycles. The number of pyridine rings is 1. The number of nitrogens with zero attached hydrogens (tertiary/aromatic N) is 3. The van der Waals surface area contributed by atoms with Crippen molar-refractivity contribution in [3.8, 4) is 11.4 Å². The van der Waals surface area contributed by atoms with Gasteiger partial charge in [0.2, 0.25) is 0 Å². The molecule has 3 nitrogen and oxygen atoms in total. The van der Waals surface area contributed by atoms with Gasteiger partial charge in [0.1, 0.15) is 5.82 Å². The van der Waals surface area contributed by atoms with Crippen molar-refractivity contribution in [3.63, 3.8) is 0 Å². The second-order valence-electron chi connectivity index (χ2n) is 3.86. The average Bonchev–Trinajstić information content (AvgIpc) is 2.67. The van der Waals surface area contributed by atoms with E-state index in [0.29, 0.717) is 0 Å². The number of hydrogen-bond acceptors (Lipinski definition) is 2. The first kappa shape index (κ1) is 11.6. The van der Waals surface area contributed by atoms with Crippen LogP contribution < -0.4 is 0 Å². The van der Waals surface area contributed by atoms with Crippen molar-refractivity contribution in [1.29, 1.82) is 0 Å². The Bertz CT molecular complexity index is 524. The molecule has 0 saturated heterocycles. The highest BCUT2D eigenvalue weighted by molar-refractivity contribution is 5.61. The molecule has 0 amide bonds. The minimum Gasteiger partial charge on any atom is -0.323 e. The highest BCUT2D eigenvalue weighted by Gasteiger charge is 2.13. The second kappa shape index (κ2) is 4.95. The van der Waals surface area contributed by atoms with Gasteiger partial charge in [0.25, 0.3) is 0 Å². The lowest BCUT2D eigenvalue weighted by atomic mass is 10.2. The monoisotopic (exact) mass is 227 g/mol. The zero-order valence-electron chi connectivity index (χ0n) is 10.5. The van der Waals surface area contributed by atoms with Crippen molar-refractivity contribution in [3.05, 3.63) is 42.0 Å². The van der Waals surface area contributed by atoms with Crippen LogP contribution in [0.15, 0.2) is 30.5 Å². The molecule has 0 bridgehead atoms. The lowest BCUT2D eigenvalue weighted by molar-refractivity contribution is 0.757. The molecule has 17 heavy (non-hydrogen) atoms. The summed E-state index contributed by atoms with van der Waals surface area (Å²) in [5.74, 6) is 0.994. The molecular weight excluding hydrogens is 210 g/mol. The average molecular weight is 227 g/mol. The summed E-state index contributed by atoms with van der Waals surface area (Å²) in [4.78, 5) is 8.99. The van der Waals surface area contributed by atoms with E-state index in [9.17, 15) is 0 Å². The number of aryl methyl sites for hydroxylation is 1. The van der Waals surface area contributed by atoms with Crippen molar-refractivity contribution in [2.75, 3.05) is 0 Å². The van der Waals surface area contributed by atoms with Gasteiger partial charge in [-0.3, -0.25) is 4.98 Å². The highest BCUT2D eigenvalue weighted by atomic mass is 15.1. The molecule has 2 heterocycles. The van der Waals surface area contributed by atoms with Gasteiger partial charge in [-0.05, 0) is 39.0 Å². The molecule has 2 rings (SSSR count). The fraction of sp³-hybridized carbons (Fsp3) is 0.286. The van der Waals surface area contributed by atoms with E-state index in [2.05, 4.69) is 21.5 Å². The van der Waals surface area contributed by atoms with E-state index in [1.807, 2.05) is 50.4 Å². The molecular formula is C14H17N3. The minimum absolute atomic E-state index is 0.895. The molecule has 0 aliphatic rings. The van der Waals surface area contributed by atoms with Crippen LogP contribution >= 0.6 is 0 Å². The Hall–Kier alpha value is -1.90. The number of hydrogen-bond donors (Lipinski definition) is 0. The smallest absolute Gasteiger partial charge is 0.133 e. The van der Waals surface area contributed by atoms with Crippen LogP contribution in [-0.2, 0) is 6.54 Å². The summed E-state index contributed by atoms with van der Waals surface area (Å²) in [6.45, 7) is 7.06. The van der Waals surface area contributed by atoms with Crippen LogP contribution in [0.3, 0.4) is 0 Å². The predicted octanol–water partition coefficient (Wildman–Crippen LogP) is 3.31. The third kappa shape index (κ3) is 2.13. The van der Waals surface area contributed by atoms with Crippen molar-refractivity contribution in [1.82, 2.24) is 14.5 Å². The van der Waals surface area contributed by atoms with Crippen LogP contribution in [0.25, 0.3) is 17.5 Å². The van der Waals surface area contributed by atoms with Gasteiger partial charge in [-0.2, -0.15) is 0 Å². The largest absolute Gasteiger partial charge is 0.323 e. The zero-order valence-corrected chi connectivity index (χ0v) is 10.5. The molecule has 0 atom stereocenters. The van der Waals surface area contributed by atoms with E-state index in [1.54, 1.807) is 0 Å². The van der Waals surface area contributed by atoms with Gasteiger partial charge < -0.3 is 4.57 Å². The van der Waals surface area contributed by atoms with E-state index in [1.165, 1.54) is 0 Å². The topological polar surface area (TPSA) is 30.7 Å². The first-order valence-electron chi connectivity index (χ1n) is 5.89. The van der Waals surface area contributed by atoms with Gasteiger partial charge in [0, 0.05) is 12.7 Å². The fourth-order valence-corrected chi connectivity index (χ4v) is 2.02. The standard InChI is InChI=1S/C14H17N3/c1-4-8-13-16-11(3)14(17(13)5-2)12-9-6-7-10-15-12/h4,6-10H,5H2,1-3H3/b8-4-. The Kier molecular flexibility index (Phi) is 3.38. The maximum Gasteiger partial charge on any atom is 0.133 e. The Labute approximate surface area is 102 Å². The normalized spacial score (nSPS) is 11.2. The number of allylic oxidation sites excluding steroid dienone is 1. The second-order valence-corrected chi connectivity index (χ2v) is 3.86. The highest BCUT2D eigenvalue weighted by Crippen LogP contribution is 2.23. The molecule has 0 aliphatic heterocycles. The Morgan fingerprint density at radius 2 is 2.18 bits per heavy atom. The van der Waals surface area contributed by atoms with Crippen LogP contribution in [0.2, 0.25) is 0 Å². The van der Waals surface area contributed by atoms with Gasteiger partial charge in [-0.1, -0.05) is 12.1 Å². The third-order valence-electron chi connectivity index (χ3n) is 2.71. The van der Waals surface area contributed by atoms with Crippen LogP contribution in [0.1, 0.15) is 25.4 Å². The summed E-state index contributed by atoms with van der Waals surface area (Å²) in [5.41, 5.74) is 3.12. The van der Waals surface area contributed by atoms with E-state index in [-0.39, 0.29) is 0 Å². The minimum atomic E-state index is 0.895. The first-order valence-corrected chi connectivity index (χ1v) is 5.89. The van der Waals surface area contributed by atoms with Crippen molar-refractivity contribution in [2.24, 2.45) is 0 Å². The first-order chi connectivity index (χ1) is 8.27. The van der Waals surface area contributed by atoms with E-state index in [4.69, 9.17) is 0 Å². The molecule has 0 radical (unpaired) electrons. The van der Waals surface area contributed by atoms with Gasteiger partial charge in [-0.25, -0.2) is 4.98 Å². The summed E-state index contributed by atoms with van der Waals surface area (Å²) in [6, 6.07) is 5.96. The molecule has 0 aliphatic carbocycles. The van der Waals surface area contributed by atoms with E-state index >= 15 is 0 Å². The van der Waals surface area contributed by atoms with E-state index in [0.717, 1.165) is 29.5 Å². The molecule has 88 valence electrons. The molecule has 0 spiro atoms. The Morgan fingerprint density at radius 3 is 2.76 bits per heavy atom. The molecule has 0 unspecified atom stereocenters. The molecule has 0 N–H and O–H groups in total. The quantitative estimate of drug-likeness (QED) is 0.805. The number of rotatable bonds is 3. The van der Waals surface area contributed by atoms with Crippen LogP contribution in [0.4, 0.5) is 0 Å². The summed E-state index contributed by atoms with van der Waals surface area (Å²) in [5, 5.41) is 0. The number of aromatic nitrogens is 3. The van der Waals surface area contributed by atoms with E-state index < -0.39 is 0 Å². The van der Waals surface area contributed by atoms with Crippen LogP contribution in [0.5, 0.6) is 0 Å². The SMILES string of the molecule is C/C=C\c1nc(C)c(-c2ccccn2)n1CC. The molecule has 2 aromatic rings. The summed E-state index contributed by atoms with van der Waals surface area (Å²) in [6.07, 6.45) is 5.86. The Morgan fingerprint density at radius 1 is 1.35 bits per heavy atom. The van der Waals surface area contributed by atoms with Gasteiger partial charge in [-0.15, -0.1) is 0 Å².